The summed E-state index contributed by atoms with van der Waals surface area (Å²) in [6.07, 6.45) is -0.510. The Hall–Kier alpha value is -2.70. The van der Waals surface area contributed by atoms with Crippen molar-refractivity contribution in [2.75, 3.05) is 31.4 Å². The summed E-state index contributed by atoms with van der Waals surface area (Å²) in [4.78, 5) is 24.4. The van der Waals surface area contributed by atoms with Gasteiger partial charge in [0.25, 0.3) is 12.3 Å². The van der Waals surface area contributed by atoms with E-state index in [9.17, 15) is 13.6 Å². The number of benzene rings is 1. The zero-order chi connectivity index (χ0) is 23.6. The number of alkyl halides is 2. The number of aromatic nitrogens is 2. The third-order valence-electron chi connectivity index (χ3n) is 5.68. The van der Waals surface area contributed by atoms with E-state index < -0.39 is 29.4 Å². The smallest absolute Gasteiger partial charge is 0.281 e. The monoisotopic (exact) mass is 481 g/mol. The average Bonchev–Trinajstić information content (AvgIpc) is 2.80. The van der Waals surface area contributed by atoms with Gasteiger partial charge in [-0.2, -0.15) is 0 Å². The first-order chi connectivity index (χ1) is 15.8. The number of carbonyl (C=O) groups excluding carboxylic acids is 1. The zero-order valence-corrected chi connectivity index (χ0v) is 18.4. The second-order valence-electron chi connectivity index (χ2n) is 7.78. The van der Waals surface area contributed by atoms with Gasteiger partial charge in [-0.25, -0.2) is 23.1 Å². The molecule has 3 N–H and O–H groups in total. The molecule has 3 unspecified atom stereocenters. The maximum absolute atomic E-state index is 15.1. The van der Waals surface area contributed by atoms with Crippen LogP contribution in [0.5, 0.6) is 0 Å². The van der Waals surface area contributed by atoms with Crippen LogP contribution in [-0.2, 0) is 15.0 Å². The second kappa shape index (κ2) is 9.65. The van der Waals surface area contributed by atoms with E-state index in [0.29, 0.717) is 23.9 Å². The first-order valence-corrected chi connectivity index (χ1v) is 11.1. The molecule has 1 fully saturated rings. The van der Waals surface area contributed by atoms with Crippen molar-refractivity contribution in [2.24, 2.45) is 16.6 Å². The fourth-order valence-electron chi connectivity index (χ4n) is 4.05. The first-order valence-electron chi connectivity index (χ1n) is 10.1. The minimum Gasteiger partial charge on any atom is -0.382 e. The fraction of sp³-hybridized carbons (Fsp3) is 0.429. The van der Waals surface area contributed by atoms with Crippen LogP contribution < -0.4 is 11.1 Å². The molecule has 3 heterocycles. The molecular weight excluding hydrogens is 459 g/mol. The van der Waals surface area contributed by atoms with Gasteiger partial charge >= 0.3 is 0 Å². The molecule has 1 amide bonds. The van der Waals surface area contributed by atoms with Crippen molar-refractivity contribution in [1.29, 1.82) is 0 Å². The SMILES string of the molecule is COCC1CC2CSC(N)=NC2(c2cc(NC(=O)c3cnc(C(F)F)cn3)ccc2F)CO1. The van der Waals surface area contributed by atoms with Crippen LogP contribution in [0.1, 0.15) is 34.6 Å². The Balaban J connectivity index is 1.62. The van der Waals surface area contributed by atoms with Crippen LogP contribution in [0.3, 0.4) is 0 Å². The van der Waals surface area contributed by atoms with Gasteiger partial charge in [0.15, 0.2) is 5.17 Å². The Morgan fingerprint density at radius 3 is 2.91 bits per heavy atom. The van der Waals surface area contributed by atoms with Crippen molar-refractivity contribution in [3.63, 3.8) is 0 Å². The number of nitrogens with two attached hydrogens (primary N) is 1. The third kappa shape index (κ3) is 4.82. The number of methoxy groups -OCH3 is 1. The maximum atomic E-state index is 15.1. The summed E-state index contributed by atoms with van der Waals surface area (Å²) in [5.41, 5.74) is 4.83. The Bertz CT molecular complexity index is 1060. The molecule has 33 heavy (non-hydrogen) atoms. The summed E-state index contributed by atoms with van der Waals surface area (Å²) >= 11 is 1.41. The highest BCUT2D eigenvalue weighted by Crippen LogP contribution is 2.47. The Morgan fingerprint density at radius 1 is 1.39 bits per heavy atom. The van der Waals surface area contributed by atoms with Gasteiger partial charge in [0.1, 0.15) is 22.7 Å². The van der Waals surface area contributed by atoms with Gasteiger partial charge in [-0.05, 0) is 24.6 Å². The summed E-state index contributed by atoms with van der Waals surface area (Å²) in [7, 11) is 1.59. The lowest BCUT2D eigenvalue weighted by atomic mass is 9.75. The quantitative estimate of drug-likeness (QED) is 0.652. The highest BCUT2D eigenvalue weighted by molar-refractivity contribution is 8.13. The number of carbonyl (C=O) groups is 1. The van der Waals surface area contributed by atoms with Crippen LogP contribution >= 0.6 is 11.8 Å². The molecule has 4 rings (SSSR count). The molecule has 2 aliphatic rings. The zero-order valence-electron chi connectivity index (χ0n) is 17.6. The molecule has 8 nitrogen and oxygen atoms in total. The maximum Gasteiger partial charge on any atom is 0.281 e. The highest BCUT2D eigenvalue weighted by atomic mass is 32.2. The van der Waals surface area contributed by atoms with Crippen molar-refractivity contribution in [3.05, 3.63) is 53.4 Å². The van der Waals surface area contributed by atoms with Gasteiger partial charge in [-0.3, -0.25) is 9.78 Å². The standard InChI is InChI=1S/C21H22F3N5O3S/c1-31-8-13-4-11-9-33-20(25)29-21(11,10-32-13)14-5-12(2-3-15(14)22)28-19(30)17-7-26-16(6-27-17)18(23)24/h2-3,5-7,11,13,18H,4,8-10H2,1H3,(H2,25,29)(H,28,30). The lowest BCUT2D eigenvalue weighted by Gasteiger charge is -2.46. The van der Waals surface area contributed by atoms with E-state index in [0.717, 1.165) is 12.4 Å². The number of anilines is 1. The van der Waals surface area contributed by atoms with E-state index in [1.165, 1.54) is 30.0 Å². The van der Waals surface area contributed by atoms with E-state index >= 15 is 4.39 Å². The number of ether oxygens (including phenoxy) is 2. The Morgan fingerprint density at radius 2 is 2.21 bits per heavy atom. The number of amides is 1. The molecular formula is C21H22F3N5O3S. The van der Waals surface area contributed by atoms with Crippen LogP contribution in [0.25, 0.3) is 0 Å². The Kier molecular flexibility index (Phi) is 6.86. The summed E-state index contributed by atoms with van der Waals surface area (Å²) in [5, 5.41) is 2.94. The fourth-order valence-corrected chi connectivity index (χ4v) is 5.06. The summed E-state index contributed by atoms with van der Waals surface area (Å²) in [5.74, 6) is -0.591. The average molecular weight is 482 g/mol. The third-order valence-corrected chi connectivity index (χ3v) is 6.63. The molecule has 0 saturated carbocycles. The number of amidine groups is 1. The summed E-state index contributed by atoms with van der Waals surface area (Å²) in [6.45, 7) is 0.530. The van der Waals surface area contributed by atoms with Crippen molar-refractivity contribution in [3.8, 4) is 0 Å². The minimum atomic E-state index is -2.79. The van der Waals surface area contributed by atoms with Crippen molar-refractivity contribution in [2.45, 2.75) is 24.5 Å². The number of fused-ring (bicyclic) bond motifs is 1. The molecule has 176 valence electrons. The molecule has 1 aromatic carbocycles. The molecule has 2 aromatic rings. The molecule has 1 saturated heterocycles. The normalized spacial score (nSPS) is 24.8. The Labute approximate surface area is 192 Å². The number of rotatable bonds is 6. The van der Waals surface area contributed by atoms with Crippen molar-refractivity contribution < 1.29 is 27.4 Å². The van der Waals surface area contributed by atoms with Crippen molar-refractivity contribution in [1.82, 2.24) is 9.97 Å². The summed E-state index contributed by atoms with van der Waals surface area (Å²) < 4.78 is 51.5. The first kappa shape index (κ1) is 23.5. The molecule has 1 aromatic heterocycles. The van der Waals surface area contributed by atoms with Crippen molar-refractivity contribution >= 4 is 28.5 Å². The molecule has 12 heteroatoms. The number of hydrogen-bond donors (Lipinski definition) is 2. The van der Waals surface area contributed by atoms with E-state index in [4.69, 9.17) is 15.2 Å². The number of thioether (sulfide) groups is 1. The van der Waals surface area contributed by atoms with Crippen LogP contribution in [-0.4, -0.2) is 53.2 Å². The minimum absolute atomic E-state index is 0.0584. The van der Waals surface area contributed by atoms with E-state index in [1.54, 1.807) is 7.11 Å². The molecule has 0 radical (unpaired) electrons. The van der Waals surface area contributed by atoms with Gasteiger partial charge < -0.3 is 20.5 Å². The summed E-state index contributed by atoms with van der Waals surface area (Å²) in [6, 6.07) is 4.12. The largest absolute Gasteiger partial charge is 0.382 e. The molecule has 2 aliphatic heterocycles. The van der Waals surface area contributed by atoms with Gasteiger partial charge in [-0.15, -0.1) is 0 Å². The van der Waals surface area contributed by atoms with Crippen LogP contribution in [0.15, 0.2) is 35.6 Å². The molecule has 0 bridgehead atoms. The predicted octanol–water partition coefficient (Wildman–Crippen LogP) is 3.11. The van der Waals surface area contributed by atoms with Gasteiger partial charge in [0, 0.05) is 30.0 Å². The van der Waals surface area contributed by atoms with E-state index in [2.05, 4.69) is 20.3 Å². The number of nitrogens with one attached hydrogen (secondary N) is 1. The van der Waals surface area contributed by atoms with Crippen LogP contribution in [0.4, 0.5) is 18.9 Å². The van der Waals surface area contributed by atoms with Gasteiger partial charge in [0.05, 0.1) is 31.7 Å². The van der Waals surface area contributed by atoms with Crippen LogP contribution in [0.2, 0.25) is 0 Å². The number of nitrogens with zero attached hydrogens (tertiary/aromatic N) is 3. The van der Waals surface area contributed by atoms with Crippen LogP contribution in [0, 0.1) is 11.7 Å². The molecule has 3 atom stereocenters. The molecule has 0 spiro atoms. The van der Waals surface area contributed by atoms with Gasteiger partial charge in [-0.1, -0.05) is 11.8 Å². The molecule has 0 aliphatic carbocycles. The number of hydrogen-bond acceptors (Lipinski definition) is 8. The topological polar surface area (TPSA) is 112 Å². The lowest BCUT2D eigenvalue weighted by molar-refractivity contribution is -0.0836. The number of halogens is 3. The van der Waals surface area contributed by atoms with Gasteiger partial charge in [0.2, 0.25) is 0 Å². The van der Waals surface area contributed by atoms with E-state index in [1.807, 2.05) is 0 Å². The second-order valence-corrected chi connectivity index (χ2v) is 8.82. The highest BCUT2D eigenvalue weighted by Gasteiger charge is 2.49. The lowest BCUT2D eigenvalue weighted by Crippen LogP contribution is -2.51. The number of aliphatic imine (C=N–C) groups is 1. The predicted molar refractivity (Wildman–Crippen MR) is 117 cm³/mol. The van der Waals surface area contributed by atoms with E-state index in [-0.39, 0.29) is 35.6 Å².